The van der Waals surface area contributed by atoms with E-state index in [-0.39, 0.29) is 16.1 Å². The lowest BCUT2D eigenvalue weighted by molar-refractivity contribution is -0.115. The van der Waals surface area contributed by atoms with Crippen LogP contribution in [-0.4, -0.2) is 43.0 Å². The Bertz CT molecular complexity index is 1160. The number of aryl methyl sites for hydroxylation is 1. The van der Waals surface area contributed by atoms with E-state index in [9.17, 15) is 13.2 Å². The summed E-state index contributed by atoms with van der Waals surface area (Å²) < 4.78 is 26.0. The van der Waals surface area contributed by atoms with Gasteiger partial charge in [-0.2, -0.15) is 0 Å². The maximum absolute atomic E-state index is 12.7. The van der Waals surface area contributed by atoms with Crippen LogP contribution in [0.15, 0.2) is 64.5 Å². The van der Waals surface area contributed by atoms with Crippen molar-refractivity contribution in [3.8, 4) is 0 Å². The maximum atomic E-state index is 12.7. The van der Waals surface area contributed by atoms with Gasteiger partial charge in [0.15, 0.2) is 0 Å². The predicted molar refractivity (Wildman–Crippen MR) is 122 cm³/mol. The third kappa shape index (κ3) is 4.83. The van der Waals surface area contributed by atoms with Crippen molar-refractivity contribution >= 4 is 44.3 Å². The SMILES string of the molecule is CC[C@@H](Sc1cc(C)c2cc(S(=O)(=O)N(C)C)ccc2n1)C(=O)Nc1ccccc1. The lowest BCUT2D eigenvalue weighted by Crippen LogP contribution is -2.24. The van der Waals surface area contributed by atoms with E-state index in [0.717, 1.165) is 21.7 Å². The molecule has 0 aliphatic carbocycles. The zero-order valence-electron chi connectivity index (χ0n) is 17.4. The van der Waals surface area contributed by atoms with Gasteiger partial charge in [0.05, 0.1) is 20.7 Å². The molecule has 158 valence electrons. The number of fused-ring (bicyclic) bond motifs is 1. The quantitative estimate of drug-likeness (QED) is 0.551. The average Bonchev–Trinajstić information content (AvgIpc) is 2.72. The highest BCUT2D eigenvalue weighted by Gasteiger charge is 2.21. The Balaban J connectivity index is 1.86. The molecule has 0 aliphatic rings. The number of nitrogens with zero attached hydrogens (tertiary/aromatic N) is 2. The Labute approximate surface area is 181 Å². The molecule has 0 radical (unpaired) electrons. The number of nitrogens with one attached hydrogen (secondary N) is 1. The molecule has 3 aromatic rings. The van der Waals surface area contributed by atoms with Gasteiger partial charge < -0.3 is 5.32 Å². The number of carbonyl (C=O) groups excluding carboxylic acids is 1. The smallest absolute Gasteiger partial charge is 0.242 e. The number of hydrogen-bond acceptors (Lipinski definition) is 5. The number of thioether (sulfide) groups is 1. The minimum absolute atomic E-state index is 0.0688. The van der Waals surface area contributed by atoms with Crippen molar-refractivity contribution in [2.24, 2.45) is 0 Å². The molecule has 8 heteroatoms. The molecule has 1 atom stereocenters. The molecule has 0 aliphatic heterocycles. The Hall–Kier alpha value is -2.42. The number of hydrogen-bond donors (Lipinski definition) is 1. The van der Waals surface area contributed by atoms with Gasteiger partial charge in [-0.05, 0) is 55.3 Å². The van der Waals surface area contributed by atoms with E-state index in [1.165, 1.54) is 30.2 Å². The molecule has 0 saturated carbocycles. The molecule has 1 aromatic heterocycles. The van der Waals surface area contributed by atoms with Gasteiger partial charge in [0, 0.05) is 25.2 Å². The van der Waals surface area contributed by atoms with E-state index >= 15 is 0 Å². The van der Waals surface area contributed by atoms with Crippen LogP contribution in [0.5, 0.6) is 0 Å². The molecule has 1 amide bonds. The lowest BCUT2D eigenvalue weighted by atomic mass is 10.1. The second kappa shape index (κ2) is 9.16. The fourth-order valence-corrected chi connectivity index (χ4v) is 4.93. The number of amides is 1. The molecule has 3 rings (SSSR count). The van der Waals surface area contributed by atoms with Crippen molar-refractivity contribution in [1.82, 2.24) is 9.29 Å². The van der Waals surface area contributed by atoms with Crippen molar-refractivity contribution in [2.45, 2.75) is 35.4 Å². The van der Waals surface area contributed by atoms with Gasteiger partial charge in [-0.15, -0.1) is 0 Å². The van der Waals surface area contributed by atoms with Crippen LogP contribution in [0.1, 0.15) is 18.9 Å². The third-order valence-electron chi connectivity index (χ3n) is 4.71. The second-order valence-electron chi connectivity index (χ2n) is 7.11. The van der Waals surface area contributed by atoms with Gasteiger partial charge >= 0.3 is 0 Å². The Morgan fingerprint density at radius 3 is 2.47 bits per heavy atom. The highest BCUT2D eigenvalue weighted by molar-refractivity contribution is 8.00. The first-order valence-electron chi connectivity index (χ1n) is 9.59. The van der Waals surface area contributed by atoms with Crippen LogP contribution in [0.3, 0.4) is 0 Å². The summed E-state index contributed by atoms with van der Waals surface area (Å²) in [5.74, 6) is -0.0688. The van der Waals surface area contributed by atoms with Crippen LogP contribution >= 0.6 is 11.8 Å². The van der Waals surface area contributed by atoms with Crippen molar-refractivity contribution < 1.29 is 13.2 Å². The number of carbonyl (C=O) groups is 1. The number of para-hydroxylation sites is 1. The van der Waals surface area contributed by atoms with Crippen molar-refractivity contribution in [2.75, 3.05) is 19.4 Å². The monoisotopic (exact) mass is 443 g/mol. The largest absolute Gasteiger partial charge is 0.325 e. The number of aromatic nitrogens is 1. The van der Waals surface area contributed by atoms with E-state index < -0.39 is 10.0 Å². The molecule has 0 spiro atoms. The van der Waals surface area contributed by atoms with Gasteiger partial charge in [-0.25, -0.2) is 17.7 Å². The van der Waals surface area contributed by atoms with Crippen molar-refractivity contribution in [3.05, 3.63) is 60.2 Å². The average molecular weight is 444 g/mol. The van der Waals surface area contributed by atoms with E-state index in [4.69, 9.17) is 0 Å². The molecule has 6 nitrogen and oxygen atoms in total. The molecule has 1 N–H and O–H groups in total. The summed E-state index contributed by atoms with van der Waals surface area (Å²) in [7, 11) is -0.492. The second-order valence-corrected chi connectivity index (χ2v) is 10.5. The van der Waals surface area contributed by atoms with Gasteiger partial charge in [0.1, 0.15) is 0 Å². The number of anilines is 1. The summed E-state index contributed by atoms with van der Waals surface area (Å²) in [6.07, 6.45) is 0.655. The first-order chi connectivity index (χ1) is 14.2. The maximum Gasteiger partial charge on any atom is 0.242 e. The number of benzene rings is 2. The molecule has 1 heterocycles. The van der Waals surface area contributed by atoms with Gasteiger partial charge in [0.2, 0.25) is 15.9 Å². The third-order valence-corrected chi connectivity index (χ3v) is 7.80. The zero-order chi connectivity index (χ0) is 21.9. The number of rotatable bonds is 7. The standard InChI is InChI=1S/C22H25N3O3S2/c1-5-20(22(26)23-16-9-7-6-8-10-16)29-21-13-15(2)18-14-17(11-12-19(18)24-21)30(27,28)25(3)4/h6-14,20H,5H2,1-4H3,(H,23,26)/t20-/m1/s1. The summed E-state index contributed by atoms with van der Waals surface area (Å²) in [5.41, 5.74) is 2.38. The Morgan fingerprint density at radius 2 is 1.83 bits per heavy atom. The normalized spacial score (nSPS) is 12.8. The molecular weight excluding hydrogens is 418 g/mol. The van der Waals surface area contributed by atoms with Gasteiger partial charge in [-0.3, -0.25) is 4.79 Å². The highest BCUT2D eigenvalue weighted by Crippen LogP contribution is 2.30. The molecular formula is C22H25N3O3S2. The van der Waals surface area contributed by atoms with E-state index in [2.05, 4.69) is 10.3 Å². The highest BCUT2D eigenvalue weighted by atomic mass is 32.2. The lowest BCUT2D eigenvalue weighted by Gasteiger charge is -2.16. The first-order valence-corrected chi connectivity index (χ1v) is 11.9. The summed E-state index contributed by atoms with van der Waals surface area (Å²) in [6.45, 7) is 3.89. The summed E-state index contributed by atoms with van der Waals surface area (Å²) in [5, 5.41) is 4.17. The first kappa shape index (κ1) is 22.3. The topological polar surface area (TPSA) is 79.4 Å². The fourth-order valence-electron chi connectivity index (χ4n) is 2.99. The van der Waals surface area contributed by atoms with Crippen LogP contribution in [0.4, 0.5) is 5.69 Å². The number of pyridine rings is 1. The fraction of sp³-hybridized carbons (Fsp3) is 0.273. The summed E-state index contributed by atoms with van der Waals surface area (Å²) in [4.78, 5) is 17.6. The summed E-state index contributed by atoms with van der Waals surface area (Å²) in [6, 6.07) is 16.2. The van der Waals surface area contributed by atoms with Crippen LogP contribution < -0.4 is 5.32 Å². The molecule has 0 bridgehead atoms. The van der Waals surface area contributed by atoms with E-state index in [0.29, 0.717) is 11.9 Å². The van der Waals surface area contributed by atoms with Crippen LogP contribution in [0.2, 0.25) is 0 Å². The van der Waals surface area contributed by atoms with Gasteiger partial charge in [-0.1, -0.05) is 36.9 Å². The van der Waals surface area contributed by atoms with Crippen LogP contribution in [0, 0.1) is 6.92 Å². The molecule has 0 unspecified atom stereocenters. The molecule has 0 saturated heterocycles. The van der Waals surface area contributed by atoms with Crippen LogP contribution in [-0.2, 0) is 14.8 Å². The van der Waals surface area contributed by atoms with Crippen molar-refractivity contribution in [3.63, 3.8) is 0 Å². The molecule has 2 aromatic carbocycles. The van der Waals surface area contributed by atoms with Gasteiger partial charge in [0.25, 0.3) is 0 Å². The van der Waals surface area contributed by atoms with E-state index in [1.54, 1.807) is 18.2 Å². The Morgan fingerprint density at radius 1 is 1.13 bits per heavy atom. The van der Waals surface area contributed by atoms with Crippen molar-refractivity contribution in [1.29, 1.82) is 0 Å². The Kier molecular flexibility index (Phi) is 6.80. The zero-order valence-corrected chi connectivity index (χ0v) is 19.0. The minimum atomic E-state index is -3.51. The van der Waals surface area contributed by atoms with Crippen LogP contribution in [0.25, 0.3) is 10.9 Å². The molecule has 0 fully saturated rings. The van der Waals surface area contributed by atoms with E-state index in [1.807, 2.05) is 50.2 Å². The summed E-state index contributed by atoms with van der Waals surface area (Å²) >= 11 is 1.41. The molecule has 30 heavy (non-hydrogen) atoms. The minimum Gasteiger partial charge on any atom is -0.325 e. The number of sulfonamides is 1. The predicted octanol–water partition coefficient (Wildman–Crippen LogP) is 4.30.